The summed E-state index contributed by atoms with van der Waals surface area (Å²) in [7, 11) is 0. The molecule has 20 heavy (non-hydrogen) atoms. The Hall–Kier alpha value is -1.07. The monoisotopic (exact) mass is 343 g/mol. The van der Waals surface area contributed by atoms with Gasteiger partial charge in [0.15, 0.2) is 6.10 Å². The van der Waals surface area contributed by atoms with Crippen molar-refractivity contribution in [2.45, 2.75) is 39.9 Å². The first kappa shape index (κ1) is 17.0. The summed E-state index contributed by atoms with van der Waals surface area (Å²) < 4.78 is 6.60. The molecule has 0 bridgehead atoms. The fourth-order valence-corrected chi connectivity index (χ4v) is 2.37. The van der Waals surface area contributed by atoms with Crippen LogP contribution in [0.5, 0.6) is 5.75 Å². The van der Waals surface area contributed by atoms with E-state index in [0.717, 1.165) is 4.47 Å². The predicted octanol–water partition coefficient (Wildman–Crippen LogP) is 3.14. The van der Waals surface area contributed by atoms with Gasteiger partial charge in [-0.2, -0.15) is 0 Å². The van der Waals surface area contributed by atoms with Crippen LogP contribution in [0, 0.1) is 0 Å². The van der Waals surface area contributed by atoms with Gasteiger partial charge in [-0.1, -0.05) is 15.9 Å². The van der Waals surface area contributed by atoms with Gasteiger partial charge in [-0.15, -0.1) is 0 Å². The molecule has 0 aliphatic rings. The van der Waals surface area contributed by atoms with Gasteiger partial charge in [0.2, 0.25) is 0 Å². The van der Waals surface area contributed by atoms with Crippen molar-refractivity contribution in [3.8, 4) is 5.75 Å². The Balaban J connectivity index is 2.90. The average Bonchev–Trinajstić information content (AvgIpc) is 2.41. The summed E-state index contributed by atoms with van der Waals surface area (Å²) in [6.45, 7) is 8.60. The Bertz CT molecular complexity index is 458. The molecule has 1 rings (SSSR count). The zero-order valence-corrected chi connectivity index (χ0v) is 14.0. The molecular formula is C15H22BrNO3. The fourth-order valence-electron chi connectivity index (χ4n) is 1.99. The first-order valence-corrected chi connectivity index (χ1v) is 7.62. The minimum Gasteiger partial charge on any atom is -0.481 e. The number of aliphatic hydroxyl groups is 1. The molecule has 1 aromatic carbocycles. The molecule has 0 heterocycles. The van der Waals surface area contributed by atoms with Crippen molar-refractivity contribution in [3.63, 3.8) is 0 Å². The van der Waals surface area contributed by atoms with E-state index in [-0.39, 0.29) is 5.91 Å². The van der Waals surface area contributed by atoms with Crippen molar-refractivity contribution in [2.24, 2.45) is 0 Å². The average molecular weight is 344 g/mol. The van der Waals surface area contributed by atoms with Gasteiger partial charge >= 0.3 is 0 Å². The van der Waals surface area contributed by atoms with E-state index in [1.165, 1.54) is 0 Å². The van der Waals surface area contributed by atoms with Gasteiger partial charge in [0.05, 0.1) is 6.10 Å². The molecule has 1 unspecified atom stereocenters. The van der Waals surface area contributed by atoms with Crippen LogP contribution in [-0.4, -0.2) is 35.1 Å². The van der Waals surface area contributed by atoms with E-state index in [2.05, 4.69) is 15.9 Å². The third-order valence-corrected chi connectivity index (χ3v) is 3.64. The maximum absolute atomic E-state index is 12.2. The highest BCUT2D eigenvalue weighted by Crippen LogP contribution is 2.29. The van der Waals surface area contributed by atoms with Crippen LogP contribution < -0.4 is 4.74 Å². The third kappa shape index (κ3) is 4.21. The molecule has 0 fully saturated rings. The van der Waals surface area contributed by atoms with E-state index in [1.807, 2.05) is 19.9 Å². The van der Waals surface area contributed by atoms with Gasteiger partial charge in [0.1, 0.15) is 5.75 Å². The van der Waals surface area contributed by atoms with E-state index in [0.29, 0.717) is 24.4 Å². The molecule has 5 heteroatoms. The molecule has 4 nitrogen and oxygen atoms in total. The van der Waals surface area contributed by atoms with Crippen LogP contribution in [-0.2, 0) is 4.79 Å². The molecule has 0 aliphatic heterocycles. The Morgan fingerprint density at radius 2 is 1.95 bits per heavy atom. The van der Waals surface area contributed by atoms with Crippen LogP contribution >= 0.6 is 15.9 Å². The molecule has 2 atom stereocenters. The number of carbonyl (C=O) groups excluding carboxylic acids is 1. The van der Waals surface area contributed by atoms with Crippen LogP contribution in [0.3, 0.4) is 0 Å². The second-order valence-electron chi connectivity index (χ2n) is 4.63. The number of hydrogen-bond acceptors (Lipinski definition) is 3. The molecule has 0 aromatic heterocycles. The lowest BCUT2D eigenvalue weighted by molar-refractivity contribution is -0.137. The number of halogens is 1. The number of benzene rings is 1. The van der Waals surface area contributed by atoms with Crippen LogP contribution in [0.25, 0.3) is 0 Å². The first-order chi connectivity index (χ1) is 9.40. The smallest absolute Gasteiger partial charge is 0.263 e. The van der Waals surface area contributed by atoms with Crippen LogP contribution in [0.2, 0.25) is 0 Å². The Kier molecular flexibility index (Phi) is 6.49. The quantitative estimate of drug-likeness (QED) is 0.863. The summed E-state index contributed by atoms with van der Waals surface area (Å²) in [6.07, 6.45) is -1.23. The first-order valence-electron chi connectivity index (χ1n) is 6.83. The van der Waals surface area contributed by atoms with E-state index in [9.17, 15) is 9.90 Å². The highest BCUT2D eigenvalue weighted by atomic mass is 79.9. The van der Waals surface area contributed by atoms with Gasteiger partial charge in [-0.3, -0.25) is 4.79 Å². The summed E-state index contributed by atoms with van der Waals surface area (Å²) in [5, 5.41) is 9.79. The van der Waals surface area contributed by atoms with Crippen molar-refractivity contribution < 1.29 is 14.6 Å². The lowest BCUT2D eigenvalue weighted by atomic mass is 10.1. The molecule has 0 spiro atoms. The molecule has 0 saturated heterocycles. The number of likely N-dealkylation sites (N-methyl/N-ethyl adjacent to an activating group) is 1. The molecule has 1 amide bonds. The van der Waals surface area contributed by atoms with Gasteiger partial charge in [0, 0.05) is 23.1 Å². The van der Waals surface area contributed by atoms with Crippen molar-refractivity contribution in [3.05, 3.63) is 28.2 Å². The number of carbonyl (C=O) groups is 1. The SMILES string of the molecule is CCN(CC)C(=O)C(C)Oc1ccc(Br)cc1[C@@H](C)O. The molecular weight excluding hydrogens is 322 g/mol. The van der Waals surface area contributed by atoms with Crippen LogP contribution in [0.1, 0.15) is 39.4 Å². The topological polar surface area (TPSA) is 49.8 Å². The molecule has 0 radical (unpaired) electrons. The largest absolute Gasteiger partial charge is 0.481 e. The minimum atomic E-state index is -0.654. The number of amides is 1. The molecule has 1 aromatic rings. The van der Waals surface area contributed by atoms with Gasteiger partial charge in [0.25, 0.3) is 5.91 Å². The predicted molar refractivity (Wildman–Crippen MR) is 82.8 cm³/mol. The zero-order chi connectivity index (χ0) is 15.3. The molecule has 1 N–H and O–H groups in total. The number of nitrogens with zero attached hydrogens (tertiary/aromatic N) is 1. The van der Waals surface area contributed by atoms with Crippen molar-refractivity contribution >= 4 is 21.8 Å². The zero-order valence-electron chi connectivity index (χ0n) is 12.4. The van der Waals surface area contributed by atoms with E-state index in [4.69, 9.17) is 4.74 Å². The number of ether oxygens (including phenoxy) is 1. The van der Waals surface area contributed by atoms with E-state index >= 15 is 0 Å². The maximum atomic E-state index is 12.2. The standard InChI is InChI=1S/C15H22BrNO3/c1-5-17(6-2)15(19)11(4)20-14-8-7-12(16)9-13(14)10(3)18/h7-11,18H,5-6H2,1-4H3/t10-,11?/m1/s1. The van der Waals surface area contributed by atoms with Gasteiger partial charge < -0.3 is 14.7 Å². The number of hydrogen-bond donors (Lipinski definition) is 1. The van der Waals surface area contributed by atoms with Crippen LogP contribution in [0.4, 0.5) is 0 Å². The van der Waals surface area contributed by atoms with Gasteiger partial charge in [-0.25, -0.2) is 0 Å². The summed E-state index contributed by atoms with van der Waals surface area (Å²) >= 11 is 3.36. The van der Waals surface area contributed by atoms with Crippen molar-refractivity contribution in [1.29, 1.82) is 0 Å². The lowest BCUT2D eigenvalue weighted by Crippen LogP contribution is -2.40. The fraction of sp³-hybridized carbons (Fsp3) is 0.533. The Morgan fingerprint density at radius 1 is 1.35 bits per heavy atom. The number of rotatable bonds is 6. The van der Waals surface area contributed by atoms with E-state index in [1.54, 1.807) is 30.9 Å². The summed E-state index contributed by atoms with van der Waals surface area (Å²) in [4.78, 5) is 13.9. The van der Waals surface area contributed by atoms with E-state index < -0.39 is 12.2 Å². The molecule has 112 valence electrons. The van der Waals surface area contributed by atoms with Crippen LogP contribution in [0.15, 0.2) is 22.7 Å². The second-order valence-corrected chi connectivity index (χ2v) is 5.54. The Morgan fingerprint density at radius 3 is 2.45 bits per heavy atom. The molecule has 0 aliphatic carbocycles. The van der Waals surface area contributed by atoms with Crippen molar-refractivity contribution in [1.82, 2.24) is 4.90 Å². The van der Waals surface area contributed by atoms with Gasteiger partial charge in [-0.05, 0) is 45.9 Å². The minimum absolute atomic E-state index is 0.0468. The third-order valence-electron chi connectivity index (χ3n) is 3.15. The molecule has 0 saturated carbocycles. The Labute approximate surface area is 128 Å². The second kappa shape index (κ2) is 7.64. The number of aliphatic hydroxyl groups excluding tert-OH is 1. The highest BCUT2D eigenvalue weighted by Gasteiger charge is 2.21. The normalized spacial score (nSPS) is 13.7. The maximum Gasteiger partial charge on any atom is 0.263 e. The van der Waals surface area contributed by atoms with Crippen molar-refractivity contribution in [2.75, 3.05) is 13.1 Å². The lowest BCUT2D eigenvalue weighted by Gasteiger charge is -2.24. The highest BCUT2D eigenvalue weighted by molar-refractivity contribution is 9.10. The summed E-state index contributed by atoms with van der Waals surface area (Å²) in [5.74, 6) is 0.491. The summed E-state index contributed by atoms with van der Waals surface area (Å²) in [6, 6.07) is 5.39. The summed E-state index contributed by atoms with van der Waals surface area (Å²) in [5.41, 5.74) is 0.665.